The van der Waals surface area contributed by atoms with Gasteiger partial charge in [0.2, 0.25) is 15.9 Å². The van der Waals surface area contributed by atoms with Crippen molar-refractivity contribution in [3.05, 3.63) is 45.8 Å². The highest BCUT2D eigenvalue weighted by molar-refractivity contribution is 7.89. The number of hydrogen-bond acceptors (Lipinski definition) is 8. The lowest BCUT2D eigenvalue weighted by molar-refractivity contribution is -0.129. The average Bonchev–Trinajstić information content (AvgIpc) is 3.30. The molecule has 3 amide bonds. The van der Waals surface area contributed by atoms with E-state index in [-0.39, 0.29) is 48.2 Å². The van der Waals surface area contributed by atoms with Crippen molar-refractivity contribution < 1.29 is 22.8 Å². The number of carbonyl (C=O) groups excluding carboxylic acids is 3. The number of nitriles is 2. The van der Waals surface area contributed by atoms with Crippen LogP contribution in [0.2, 0.25) is 0 Å². The van der Waals surface area contributed by atoms with Gasteiger partial charge in [-0.25, -0.2) is 8.42 Å². The standard InChI is InChI=1S/C27H32N6O5S2/c1-4-31(5-2)27(36)24-22-12-17-32(19(3)34)18-23(22)39-26(24)30-25(35)20-8-10-21(11-9-20)40(37,38)33(15-6-13-28)16-7-14-29/h8-11H,4-7,12,15-18H2,1-3H3,(H,30,35). The third kappa shape index (κ3) is 6.67. The molecule has 1 N–H and O–H groups in total. The molecule has 3 rings (SSSR count). The molecule has 0 aliphatic carbocycles. The van der Waals surface area contributed by atoms with Crippen molar-refractivity contribution in [1.82, 2.24) is 14.1 Å². The van der Waals surface area contributed by atoms with E-state index >= 15 is 0 Å². The molecule has 1 aliphatic heterocycles. The van der Waals surface area contributed by atoms with Crippen LogP contribution in [-0.2, 0) is 27.8 Å². The zero-order chi connectivity index (χ0) is 29.4. The van der Waals surface area contributed by atoms with Gasteiger partial charge in [-0.3, -0.25) is 14.4 Å². The lowest BCUT2D eigenvalue weighted by Gasteiger charge is -2.27. The summed E-state index contributed by atoms with van der Waals surface area (Å²) in [5, 5.41) is 21.0. The highest BCUT2D eigenvalue weighted by Gasteiger charge is 2.31. The molecular formula is C27H32N6O5S2. The predicted octanol–water partition coefficient (Wildman–Crippen LogP) is 3.21. The fourth-order valence-electron chi connectivity index (χ4n) is 4.46. The number of hydrogen-bond donors (Lipinski definition) is 1. The summed E-state index contributed by atoms with van der Waals surface area (Å²) >= 11 is 1.27. The van der Waals surface area contributed by atoms with E-state index in [2.05, 4.69) is 5.32 Å². The largest absolute Gasteiger partial charge is 0.339 e. The van der Waals surface area contributed by atoms with Crippen molar-refractivity contribution in [3.63, 3.8) is 0 Å². The van der Waals surface area contributed by atoms with Crippen molar-refractivity contribution in [2.45, 2.75) is 51.5 Å². The number of fused-ring (bicyclic) bond motifs is 1. The average molecular weight is 585 g/mol. The Hall–Kier alpha value is -3.78. The Balaban J connectivity index is 1.90. The first-order valence-corrected chi connectivity index (χ1v) is 15.2. The van der Waals surface area contributed by atoms with Gasteiger partial charge >= 0.3 is 0 Å². The second-order valence-corrected chi connectivity index (χ2v) is 12.1. The number of carbonyl (C=O) groups is 3. The van der Waals surface area contributed by atoms with Crippen molar-refractivity contribution in [3.8, 4) is 12.1 Å². The summed E-state index contributed by atoms with van der Waals surface area (Å²) in [4.78, 5) is 42.8. The monoisotopic (exact) mass is 584 g/mol. The van der Waals surface area contributed by atoms with Crippen LogP contribution < -0.4 is 5.32 Å². The first-order chi connectivity index (χ1) is 19.1. The maximum atomic E-state index is 13.5. The number of benzene rings is 1. The summed E-state index contributed by atoms with van der Waals surface area (Å²) in [6.45, 7) is 7.03. The number of rotatable bonds is 11. The normalized spacial score (nSPS) is 12.8. The first kappa shape index (κ1) is 30.8. The molecule has 2 heterocycles. The third-order valence-electron chi connectivity index (χ3n) is 6.69. The summed E-state index contributed by atoms with van der Waals surface area (Å²) in [5.74, 6) is -0.758. The van der Waals surface area contributed by atoms with Gasteiger partial charge in [-0.05, 0) is 50.1 Å². The predicted molar refractivity (Wildman–Crippen MR) is 150 cm³/mol. The minimum Gasteiger partial charge on any atom is -0.339 e. The highest BCUT2D eigenvalue weighted by atomic mass is 32.2. The van der Waals surface area contributed by atoms with E-state index < -0.39 is 15.9 Å². The van der Waals surface area contributed by atoms with Crippen molar-refractivity contribution in [1.29, 1.82) is 10.5 Å². The van der Waals surface area contributed by atoms with Gasteiger partial charge in [0, 0.05) is 62.9 Å². The Bertz CT molecular complexity index is 1430. The fraction of sp³-hybridized carbons (Fsp3) is 0.444. The van der Waals surface area contributed by atoms with Gasteiger partial charge < -0.3 is 15.1 Å². The Morgan fingerprint density at radius 3 is 2.17 bits per heavy atom. The summed E-state index contributed by atoms with van der Waals surface area (Å²) in [5.41, 5.74) is 1.47. The van der Waals surface area contributed by atoms with Gasteiger partial charge in [-0.1, -0.05) is 0 Å². The summed E-state index contributed by atoms with van der Waals surface area (Å²) in [7, 11) is -3.98. The quantitative estimate of drug-likeness (QED) is 0.425. The number of amides is 3. The fourth-order valence-corrected chi connectivity index (χ4v) is 7.15. The van der Waals surface area contributed by atoms with Crippen molar-refractivity contribution >= 4 is 44.1 Å². The van der Waals surface area contributed by atoms with Crippen molar-refractivity contribution in [2.75, 3.05) is 38.0 Å². The van der Waals surface area contributed by atoms with Crippen LogP contribution in [0.4, 0.5) is 5.00 Å². The molecular weight excluding hydrogens is 552 g/mol. The van der Waals surface area contributed by atoms with Crippen LogP contribution in [0.5, 0.6) is 0 Å². The maximum Gasteiger partial charge on any atom is 0.257 e. The Morgan fingerprint density at radius 1 is 1.05 bits per heavy atom. The molecule has 40 heavy (non-hydrogen) atoms. The molecule has 1 aromatic carbocycles. The van der Waals surface area contributed by atoms with E-state index in [0.29, 0.717) is 43.2 Å². The van der Waals surface area contributed by atoms with E-state index in [9.17, 15) is 22.8 Å². The van der Waals surface area contributed by atoms with Crippen LogP contribution in [0.15, 0.2) is 29.2 Å². The molecule has 0 fully saturated rings. The Labute approximate surface area is 238 Å². The molecule has 0 saturated carbocycles. The van der Waals surface area contributed by atoms with E-state index in [1.54, 1.807) is 9.80 Å². The number of anilines is 1. The molecule has 0 spiro atoms. The minimum atomic E-state index is -3.98. The molecule has 1 aromatic heterocycles. The van der Waals surface area contributed by atoms with Crippen LogP contribution in [0, 0.1) is 22.7 Å². The first-order valence-electron chi connectivity index (χ1n) is 12.9. The van der Waals surface area contributed by atoms with Gasteiger partial charge in [-0.2, -0.15) is 14.8 Å². The number of nitrogens with one attached hydrogen (secondary N) is 1. The van der Waals surface area contributed by atoms with Gasteiger partial charge in [0.05, 0.1) is 29.1 Å². The zero-order valence-electron chi connectivity index (χ0n) is 22.8. The molecule has 1 aliphatic rings. The molecule has 0 atom stereocenters. The van der Waals surface area contributed by atoms with E-state index in [1.165, 1.54) is 42.5 Å². The second-order valence-electron chi connectivity index (χ2n) is 9.07. The van der Waals surface area contributed by atoms with Crippen LogP contribution >= 0.6 is 11.3 Å². The smallest absolute Gasteiger partial charge is 0.257 e. The molecule has 0 unspecified atom stereocenters. The molecule has 2 aromatic rings. The molecule has 13 heteroatoms. The van der Waals surface area contributed by atoms with Gasteiger partial charge in [0.1, 0.15) is 5.00 Å². The number of sulfonamides is 1. The Morgan fingerprint density at radius 2 is 1.65 bits per heavy atom. The number of thiophene rings is 1. The molecule has 0 radical (unpaired) electrons. The molecule has 0 saturated heterocycles. The minimum absolute atomic E-state index is 0.0192. The molecule has 11 nitrogen and oxygen atoms in total. The Kier molecular flexibility index (Phi) is 10.4. The van der Waals surface area contributed by atoms with Gasteiger partial charge in [-0.15, -0.1) is 11.3 Å². The maximum absolute atomic E-state index is 13.5. The van der Waals surface area contributed by atoms with E-state index in [1.807, 2.05) is 26.0 Å². The van der Waals surface area contributed by atoms with Gasteiger partial charge in [0.25, 0.3) is 11.8 Å². The topological polar surface area (TPSA) is 155 Å². The lowest BCUT2D eigenvalue weighted by atomic mass is 10.0. The molecule has 212 valence electrons. The molecule has 0 bridgehead atoms. The van der Waals surface area contributed by atoms with Crippen LogP contribution in [0.25, 0.3) is 0 Å². The highest BCUT2D eigenvalue weighted by Crippen LogP contribution is 2.38. The van der Waals surface area contributed by atoms with Crippen LogP contribution in [0.3, 0.4) is 0 Å². The van der Waals surface area contributed by atoms with Crippen LogP contribution in [-0.4, -0.2) is 73.0 Å². The number of nitrogens with zero attached hydrogens (tertiary/aromatic N) is 5. The summed E-state index contributed by atoms with van der Waals surface area (Å²) in [6.07, 6.45) is 0.466. The third-order valence-corrected chi connectivity index (χ3v) is 9.74. The second kappa shape index (κ2) is 13.5. The summed E-state index contributed by atoms with van der Waals surface area (Å²) < 4.78 is 27.2. The van der Waals surface area contributed by atoms with Gasteiger partial charge in [0.15, 0.2) is 0 Å². The summed E-state index contributed by atoms with van der Waals surface area (Å²) in [6, 6.07) is 9.20. The SMILES string of the molecule is CCN(CC)C(=O)c1c(NC(=O)c2ccc(S(=O)(=O)N(CCC#N)CCC#N)cc2)sc2c1CCN(C(C)=O)C2. The van der Waals surface area contributed by atoms with Crippen LogP contribution in [0.1, 0.15) is 64.8 Å². The zero-order valence-corrected chi connectivity index (χ0v) is 24.4. The van der Waals surface area contributed by atoms with Crippen molar-refractivity contribution in [2.24, 2.45) is 0 Å². The van der Waals surface area contributed by atoms with E-state index in [0.717, 1.165) is 14.7 Å². The van der Waals surface area contributed by atoms with E-state index in [4.69, 9.17) is 10.5 Å². The lowest BCUT2D eigenvalue weighted by Crippen LogP contribution is -2.35.